The number of nitrogens with zero attached hydrogens (tertiary/aromatic N) is 1. The highest BCUT2D eigenvalue weighted by atomic mass is 32.2. The number of thioether (sulfide) groups is 1. The van der Waals surface area contributed by atoms with Crippen molar-refractivity contribution in [3.05, 3.63) is 59.7 Å². The molecule has 1 N–H and O–H groups in total. The van der Waals surface area contributed by atoms with Crippen LogP contribution in [0.3, 0.4) is 0 Å². The van der Waals surface area contributed by atoms with E-state index in [1.54, 1.807) is 11.8 Å². The van der Waals surface area contributed by atoms with Crippen molar-refractivity contribution < 1.29 is 9.53 Å². The van der Waals surface area contributed by atoms with Gasteiger partial charge in [0.05, 0.1) is 12.5 Å². The first-order chi connectivity index (χ1) is 12.2. The van der Waals surface area contributed by atoms with E-state index in [0.717, 1.165) is 34.1 Å². The molecular formula is C20H22N2O2S. The van der Waals surface area contributed by atoms with Gasteiger partial charge in [0.15, 0.2) is 0 Å². The molecule has 2 aromatic rings. The topological polar surface area (TPSA) is 62.1 Å². The maximum Gasteiger partial charge on any atom is 0.225 e. The molecule has 1 amide bonds. The number of anilines is 1. The number of hydrogen-bond donors (Lipinski definition) is 1. The van der Waals surface area contributed by atoms with Crippen LogP contribution in [0.4, 0.5) is 5.69 Å². The number of nitriles is 1. The molecule has 4 nitrogen and oxygen atoms in total. The van der Waals surface area contributed by atoms with Crippen molar-refractivity contribution in [1.82, 2.24) is 0 Å². The molecular weight excluding hydrogens is 332 g/mol. The molecule has 0 fully saturated rings. The van der Waals surface area contributed by atoms with Crippen LogP contribution in [-0.2, 0) is 17.8 Å². The van der Waals surface area contributed by atoms with Gasteiger partial charge >= 0.3 is 0 Å². The van der Waals surface area contributed by atoms with Gasteiger partial charge in [-0.1, -0.05) is 31.2 Å². The van der Waals surface area contributed by atoms with Crippen molar-refractivity contribution in [2.24, 2.45) is 0 Å². The Morgan fingerprint density at radius 1 is 1.20 bits per heavy atom. The molecule has 5 heteroatoms. The summed E-state index contributed by atoms with van der Waals surface area (Å²) in [4.78, 5) is 11.9. The SMILES string of the molecule is CCSCCC(=O)Nc1cccc(COc2ccc(CC#N)cc2)c1. The number of carbonyl (C=O) groups is 1. The molecule has 0 heterocycles. The Bertz CT molecular complexity index is 723. The van der Waals surface area contributed by atoms with Crippen LogP contribution in [-0.4, -0.2) is 17.4 Å². The predicted octanol–water partition coefficient (Wildman–Crippen LogP) is 4.41. The van der Waals surface area contributed by atoms with Gasteiger partial charge < -0.3 is 10.1 Å². The molecule has 0 atom stereocenters. The Hall–Kier alpha value is -2.45. The molecule has 0 bridgehead atoms. The lowest BCUT2D eigenvalue weighted by molar-refractivity contribution is -0.115. The first-order valence-electron chi connectivity index (χ1n) is 8.26. The van der Waals surface area contributed by atoms with Crippen molar-refractivity contribution >= 4 is 23.4 Å². The van der Waals surface area contributed by atoms with Crippen LogP contribution in [0, 0.1) is 11.3 Å². The van der Waals surface area contributed by atoms with Gasteiger partial charge in [0.25, 0.3) is 0 Å². The minimum Gasteiger partial charge on any atom is -0.489 e. The Balaban J connectivity index is 1.86. The predicted molar refractivity (Wildman–Crippen MR) is 103 cm³/mol. The lowest BCUT2D eigenvalue weighted by Crippen LogP contribution is -2.12. The van der Waals surface area contributed by atoms with Gasteiger partial charge in [-0.15, -0.1) is 0 Å². The lowest BCUT2D eigenvalue weighted by atomic mass is 10.1. The van der Waals surface area contributed by atoms with Crippen LogP contribution in [0.15, 0.2) is 48.5 Å². The summed E-state index contributed by atoms with van der Waals surface area (Å²) in [5, 5.41) is 11.6. The zero-order chi connectivity index (χ0) is 17.9. The van der Waals surface area contributed by atoms with E-state index in [4.69, 9.17) is 10.00 Å². The van der Waals surface area contributed by atoms with E-state index in [9.17, 15) is 4.79 Å². The van der Waals surface area contributed by atoms with Crippen LogP contribution in [0.5, 0.6) is 5.75 Å². The van der Waals surface area contributed by atoms with Crippen LogP contribution >= 0.6 is 11.8 Å². The summed E-state index contributed by atoms with van der Waals surface area (Å²) < 4.78 is 5.77. The number of benzene rings is 2. The fourth-order valence-corrected chi connectivity index (χ4v) is 2.85. The molecule has 0 spiro atoms. The Labute approximate surface area is 153 Å². The van der Waals surface area contributed by atoms with Gasteiger partial charge in [-0.05, 0) is 41.1 Å². The van der Waals surface area contributed by atoms with Crippen LogP contribution in [0.25, 0.3) is 0 Å². The van der Waals surface area contributed by atoms with Gasteiger partial charge in [-0.3, -0.25) is 4.79 Å². The first kappa shape index (κ1) is 18.9. The van der Waals surface area contributed by atoms with E-state index < -0.39 is 0 Å². The summed E-state index contributed by atoms with van der Waals surface area (Å²) in [6.45, 7) is 2.51. The number of rotatable bonds is 9. The molecule has 0 radical (unpaired) electrons. The van der Waals surface area contributed by atoms with Gasteiger partial charge in [0.1, 0.15) is 12.4 Å². The average molecular weight is 354 g/mol. The zero-order valence-corrected chi connectivity index (χ0v) is 15.1. The minimum atomic E-state index is 0.0344. The van der Waals surface area contributed by atoms with Gasteiger partial charge in [-0.25, -0.2) is 0 Å². The number of nitrogens with one attached hydrogen (secondary N) is 1. The second kappa shape index (κ2) is 10.4. The first-order valence-corrected chi connectivity index (χ1v) is 9.42. The fraction of sp³-hybridized carbons (Fsp3) is 0.300. The molecule has 25 heavy (non-hydrogen) atoms. The molecule has 0 aromatic heterocycles. The standard InChI is InChI=1S/C20H22N2O2S/c1-2-25-13-11-20(23)22-18-5-3-4-17(14-18)15-24-19-8-6-16(7-9-19)10-12-21/h3-9,14H,2,10-11,13,15H2,1H3,(H,22,23). The van der Waals surface area contributed by atoms with Crippen molar-refractivity contribution in [3.8, 4) is 11.8 Å². The smallest absolute Gasteiger partial charge is 0.225 e. The highest BCUT2D eigenvalue weighted by Gasteiger charge is 2.04. The minimum absolute atomic E-state index is 0.0344. The summed E-state index contributed by atoms with van der Waals surface area (Å²) >= 11 is 1.76. The third kappa shape index (κ3) is 6.90. The second-order valence-corrected chi connectivity index (χ2v) is 6.86. The summed E-state index contributed by atoms with van der Waals surface area (Å²) in [7, 11) is 0. The monoisotopic (exact) mass is 354 g/mol. The van der Waals surface area contributed by atoms with Crippen LogP contribution in [0.2, 0.25) is 0 Å². The van der Waals surface area contributed by atoms with E-state index in [2.05, 4.69) is 18.3 Å². The normalized spacial score (nSPS) is 10.1. The number of amides is 1. The summed E-state index contributed by atoms with van der Waals surface area (Å²) in [6.07, 6.45) is 0.924. The highest BCUT2D eigenvalue weighted by Crippen LogP contribution is 2.17. The Morgan fingerprint density at radius 2 is 2.00 bits per heavy atom. The van der Waals surface area contributed by atoms with Gasteiger partial charge in [-0.2, -0.15) is 17.0 Å². The third-order valence-corrected chi connectivity index (χ3v) is 4.40. The van der Waals surface area contributed by atoms with Crippen molar-refractivity contribution in [2.75, 3.05) is 16.8 Å². The summed E-state index contributed by atoms with van der Waals surface area (Å²) in [5.74, 6) is 2.66. The third-order valence-electron chi connectivity index (χ3n) is 3.50. The molecule has 130 valence electrons. The lowest BCUT2D eigenvalue weighted by Gasteiger charge is -2.09. The summed E-state index contributed by atoms with van der Waals surface area (Å²) in [6, 6.07) is 17.3. The second-order valence-electron chi connectivity index (χ2n) is 5.46. The van der Waals surface area contributed by atoms with E-state index in [1.165, 1.54) is 0 Å². The number of carbonyl (C=O) groups excluding carboxylic acids is 1. The highest BCUT2D eigenvalue weighted by molar-refractivity contribution is 7.99. The maximum absolute atomic E-state index is 11.9. The van der Waals surface area contributed by atoms with E-state index in [1.807, 2.05) is 48.5 Å². The number of hydrogen-bond acceptors (Lipinski definition) is 4. The van der Waals surface area contributed by atoms with Crippen molar-refractivity contribution in [1.29, 1.82) is 5.26 Å². The largest absolute Gasteiger partial charge is 0.489 e. The maximum atomic E-state index is 11.9. The molecule has 2 aromatic carbocycles. The quantitative estimate of drug-likeness (QED) is 0.677. The zero-order valence-electron chi connectivity index (χ0n) is 14.3. The molecule has 0 unspecified atom stereocenters. The number of ether oxygens (including phenoxy) is 1. The van der Waals surface area contributed by atoms with Gasteiger partial charge in [0.2, 0.25) is 5.91 Å². The molecule has 0 saturated heterocycles. The van der Waals surface area contributed by atoms with E-state index >= 15 is 0 Å². The van der Waals surface area contributed by atoms with E-state index in [0.29, 0.717) is 19.4 Å². The average Bonchev–Trinajstić information content (AvgIpc) is 2.62. The van der Waals surface area contributed by atoms with Crippen LogP contribution < -0.4 is 10.1 Å². The Morgan fingerprint density at radius 3 is 2.72 bits per heavy atom. The molecule has 2 rings (SSSR count). The van der Waals surface area contributed by atoms with Gasteiger partial charge in [0, 0.05) is 17.9 Å². The molecule has 0 aliphatic carbocycles. The van der Waals surface area contributed by atoms with Crippen molar-refractivity contribution in [2.45, 2.75) is 26.4 Å². The molecule has 0 aliphatic heterocycles. The Kier molecular flexibility index (Phi) is 7.87. The molecule has 0 aliphatic rings. The van der Waals surface area contributed by atoms with Crippen molar-refractivity contribution in [3.63, 3.8) is 0 Å². The van der Waals surface area contributed by atoms with E-state index in [-0.39, 0.29) is 5.91 Å². The fourth-order valence-electron chi connectivity index (χ4n) is 2.23. The van der Waals surface area contributed by atoms with Crippen LogP contribution in [0.1, 0.15) is 24.5 Å². The summed E-state index contributed by atoms with van der Waals surface area (Å²) in [5.41, 5.74) is 2.75. The molecule has 0 saturated carbocycles.